The summed E-state index contributed by atoms with van der Waals surface area (Å²) in [4.78, 5) is 10.4. The van der Waals surface area contributed by atoms with Gasteiger partial charge in [-0.2, -0.15) is 0 Å². The minimum atomic E-state index is 0.701. The first-order valence-electron chi connectivity index (χ1n) is 12.4. The molecule has 0 amide bonds. The summed E-state index contributed by atoms with van der Waals surface area (Å²) in [5.41, 5.74) is 8.90. The summed E-state index contributed by atoms with van der Waals surface area (Å²) >= 11 is 0. The number of rotatable bonds is 2. The number of benzene rings is 5. The Hall–Kier alpha value is -4.50. The number of nitrogens with zero attached hydrogens (tertiary/aromatic N) is 3. The van der Waals surface area contributed by atoms with Gasteiger partial charge in [0, 0.05) is 21.7 Å². The number of aryl methyl sites for hydroxylation is 3. The number of hydrogen-bond acceptors (Lipinski definition) is 2. The van der Waals surface area contributed by atoms with E-state index in [4.69, 9.17) is 9.97 Å². The molecule has 0 atom stereocenters. The summed E-state index contributed by atoms with van der Waals surface area (Å²) in [7, 11) is 0. The highest BCUT2D eigenvalue weighted by Gasteiger charge is 2.18. The van der Waals surface area contributed by atoms with Gasteiger partial charge in [-0.25, -0.2) is 9.97 Å². The van der Waals surface area contributed by atoms with Crippen molar-refractivity contribution in [3.63, 3.8) is 0 Å². The quantitative estimate of drug-likeness (QED) is 0.257. The number of para-hydroxylation sites is 1. The van der Waals surface area contributed by atoms with Crippen LogP contribution < -0.4 is 0 Å². The Morgan fingerprint density at radius 2 is 1.31 bits per heavy atom. The lowest BCUT2D eigenvalue weighted by Crippen LogP contribution is -2.04. The minimum absolute atomic E-state index is 0.701. The van der Waals surface area contributed by atoms with Gasteiger partial charge in [0.05, 0.1) is 22.2 Å². The maximum Gasteiger partial charge on any atom is 0.235 e. The second kappa shape index (κ2) is 7.76. The SMILES string of the molecule is Cc1cccc(-c2nc(-n3c4ccc(C)cc4c4cc5ccccc5cc43)nc3c(C)cccc23)c1. The van der Waals surface area contributed by atoms with Crippen LogP contribution in [0.25, 0.3) is 60.7 Å². The molecule has 3 nitrogen and oxygen atoms in total. The first-order valence-corrected chi connectivity index (χ1v) is 12.4. The summed E-state index contributed by atoms with van der Waals surface area (Å²) in [6, 6.07) is 34.7. The fourth-order valence-electron chi connectivity index (χ4n) is 5.43. The van der Waals surface area contributed by atoms with Crippen LogP contribution in [0.2, 0.25) is 0 Å². The Morgan fingerprint density at radius 1 is 0.556 bits per heavy atom. The second-order valence-electron chi connectivity index (χ2n) is 9.79. The lowest BCUT2D eigenvalue weighted by Gasteiger charge is -2.13. The molecule has 3 heteroatoms. The zero-order valence-electron chi connectivity index (χ0n) is 20.6. The van der Waals surface area contributed by atoms with E-state index in [1.165, 1.54) is 32.7 Å². The van der Waals surface area contributed by atoms with Gasteiger partial charge >= 0.3 is 0 Å². The number of fused-ring (bicyclic) bond motifs is 5. The van der Waals surface area contributed by atoms with Gasteiger partial charge in [0.1, 0.15) is 0 Å². The van der Waals surface area contributed by atoms with E-state index in [-0.39, 0.29) is 0 Å². The molecule has 172 valence electrons. The molecule has 0 saturated heterocycles. The lowest BCUT2D eigenvalue weighted by molar-refractivity contribution is 1.01. The molecular formula is C33H25N3. The van der Waals surface area contributed by atoms with E-state index >= 15 is 0 Å². The maximum atomic E-state index is 5.25. The van der Waals surface area contributed by atoms with Gasteiger partial charge in [0.15, 0.2) is 0 Å². The summed E-state index contributed by atoms with van der Waals surface area (Å²) in [6.45, 7) is 6.40. The van der Waals surface area contributed by atoms with Crippen molar-refractivity contribution in [3.05, 3.63) is 114 Å². The lowest BCUT2D eigenvalue weighted by atomic mass is 10.0. The highest BCUT2D eigenvalue weighted by atomic mass is 15.2. The van der Waals surface area contributed by atoms with Crippen LogP contribution in [0.3, 0.4) is 0 Å². The van der Waals surface area contributed by atoms with Crippen LogP contribution in [0.5, 0.6) is 0 Å². The van der Waals surface area contributed by atoms with Gasteiger partial charge in [0.2, 0.25) is 5.95 Å². The van der Waals surface area contributed by atoms with Crippen molar-refractivity contribution in [3.8, 4) is 17.2 Å². The van der Waals surface area contributed by atoms with Crippen LogP contribution in [0.4, 0.5) is 0 Å². The van der Waals surface area contributed by atoms with Gasteiger partial charge < -0.3 is 0 Å². The molecule has 0 spiro atoms. The molecule has 0 bridgehead atoms. The highest BCUT2D eigenvalue weighted by molar-refractivity contribution is 6.13. The molecule has 0 saturated carbocycles. The second-order valence-corrected chi connectivity index (χ2v) is 9.79. The van der Waals surface area contributed by atoms with Crippen molar-refractivity contribution in [2.75, 3.05) is 0 Å². The van der Waals surface area contributed by atoms with Crippen LogP contribution in [0, 0.1) is 20.8 Å². The van der Waals surface area contributed by atoms with E-state index in [0.717, 1.165) is 38.8 Å². The van der Waals surface area contributed by atoms with Crippen LogP contribution >= 0.6 is 0 Å². The predicted molar refractivity (Wildman–Crippen MR) is 151 cm³/mol. The molecule has 7 aromatic rings. The molecule has 0 aliphatic carbocycles. The van der Waals surface area contributed by atoms with Gasteiger partial charge in [0.25, 0.3) is 0 Å². The smallest absolute Gasteiger partial charge is 0.235 e. The first kappa shape index (κ1) is 20.8. The Kier molecular flexibility index (Phi) is 4.49. The molecule has 5 aromatic carbocycles. The van der Waals surface area contributed by atoms with Crippen LogP contribution in [0.15, 0.2) is 97.1 Å². The summed E-state index contributed by atoms with van der Waals surface area (Å²) in [5, 5.41) is 5.97. The molecule has 0 radical (unpaired) electrons. The van der Waals surface area contributed by atoms with Gasteiger partial charge in [-0.3, -0.25) is 4.57 Å². The predicted octanol–water partition coefficient (Wildman–Crippen LogP) is 8.47. The monoisotopic (exact) mass is 463 g/mol. The fourth-order valence-corrected chi connectivity index (χ4v) is 5.43. The molecule has 2 aromatic heterocycles. The van der Waals surface area contributed by atoms with Crippen molar-refractivity contribution in [1.82, 2.24) is 14.5 Å². The normalized spacial score (nSPS) is 11.8. The van der Waals surface area contributed by atoms with E-state index in [0.29, 0.717) is 5.95 Å². The summed E-state index contributed by atoms with van der Waals surface area (Å²) in [6.07, 6.45) is 0. The third kappa shape index (κ3) is 3.13. The van der Waals surface area contributed by atoms with Crippen molar-refractivity contribution in [1.29, 1.82) is 0 Å². The van der Waals surface area contributed by atoms with Gasteiger partial charge in [-0.05, 0) is 67.4 Å². The third-order valence-electron chi connectivity index (χ3n) is 7.20. The van der Waals surface area contributed by atoms with Gasteiger partial charge in [-0.1, -0.05) is 77.9 Å². The van der Waals surface area contributed by atoms with Crippen molar-refractivity contribution < 1.29 is 0 Å². The largest absolute Gasteiger partial charge is 0.278 e. The van der Waals surface area contributed by atoms with E-state index in [1.807, 2.05) is 0 Å². The topological polar surface area (TPSA) is 30.7 Å². The molecule has 0 aliphatic rings. The highest BCUT2D eigenvalue weighted by Crippen LogP contribution is 2.36. The zero-order valence-corrected chi connectivity index (χ0v) is 20.6. The summed E-state index contributed by atoms with van der Waals surface area (Å²) < 4.78 is 2.24. The Balaban J connectivity index is 1.65. The third-order valence-corrected chi connectivity index (χ3v) is 7.20. The van der Waals surface area contributed by atoms with E-state index in [2.05, 4.69) is 122 Å². The van der Waals surface area contributed by atoms with Crippen LogP contribution in [-0.4, -0.2) is 14.5 Å². The molecule has 36 heavy (non-hydrogen) atoms. The summed E-state index contributed by atoms with van der Waals surface area (Å²) in [5.74, 6) is 0.701. The molecule has 0 N–H and O–H groups in total. The number of hydrogen-bond donors (Lipinski definition) is 0. The van der Waals surface area contributed by atoms with Gasteiger partial charge in [-0.15, -0.1) is 0 Å². The minimum Gasteiger partial charge on any atom is -0.278 e. The Morgan fingerprint density at radius 3 is 2.14 bits per heavy atom. The van der Waals surface area contributed by atoms with Crippen LogP contribution in [0.1, 0.15) is 16.7 Å². The fraction of sp³-hybridized carbons (Fsp3) is 0.0909. The average Bonchev–Trinajstić information content (AvgIpc) is 3.19. The van der Waals surface area contributed by atoms with E-state index in [1.54, 1.807) is 0 Å². The number of aromatic nitrogens is 3. The zero-order chi connectivity index (χ0) is 24.4. The molecule has 2 heterocycles. The van der Waals surface area contributed by atoms with E-state index < -0.39 is 0 Å². The molecule has 7 rings (SSSR count). The molecule has 0 aliphatic heterocycles. The van der Waals surface area contributed by atoms with Crippen molar-refractivity contribution >= 4 is 43.5 Å². The standard InChI is InChI=1S/C33H25N3/c1-20-8-6-12-25(16-20)32-26-13-7-9-22(3)31(26)34-33(35-32)36-29-15-14-21(2)17-27(29)28-18-23-10-4-5-11-24(23)19-30(28)36/h4-19H,1-3H3. The molecular weight excluding hydrogens is 438 g/mol. The Labute approximate surface area is 209 Å². The molecule has 0 unspecified atom stereocenters. The first-order chi connectivity index (χ1) is 17.6. The van der Waals surface area contributed by atoms with Crippen LogP contribution in [-0.2, 0) is 0 Å². The Bertz CT molecular complexity index is 1980. The van der Waals surface area contributed by atoms with Crippen molar-refractivity contribution in [2.24, 2.45) is 0 Å². The molecule has 0 fully saturated rings. The average molecular weight is 464 g/mol. The maximum absolute atomic E-state index is 5.25. The van der Waals surface area contributed by atoms with E-state index in [9.17, 15) is 0 Å². The van der Waals surface area contributed by atoms with Crippen molar-refractivity contribution in [2.45, 2.75) is 20.8 Å².